The number of unbranched alkanes of at least 4 members (excludes halogenated alkanes) is 2. The Labute approximate surface area is 175 Å². The predicted molar refractivity (Wildman–Crippen MR) is 115 cm³/mol. The number of carbonyl (C=O) groups is 1. The molecule has 1 atom stereocenters. The van der Waals surface area contributed by atoms with Gasteiger partial charge in [-0.2, -0.15) is 0 Å². The van der Waals surface area contributed by atoms with E-state index >= 15 is 0 Å². The Morgan fingerprint density at radius 1 is 1.11 bits per heavy atom. The maximum atomic E-state index is 12.2. The second-order valence-electron chi connectivity index (χ2n) is 7.99. The highest BCUT2D eigenvalue weighted by Crippen LogP contribution is 2.31. The van der Waals surface area contributed by atoms with E-state index in [-0.39, 0.29) is 12.5 Å². The SMILES string of the molecule is [2H]C([2H])([2H])CCCCCc1cc(OC)c(CC(CC)NC(=O)OC(C)(C)C)cc1OC. The first-order valence-corrected chi connectivity index (χ1v) is 10.1. The molecule has 1 aromatic rings. The van der Waals surface area contributed by atoms with Gasteiger partial charge in [-0.25, -0.2) is 4.79 Å². The summed E-state index contributed by atoms with van der Waals surface area (Å²) in [5.41, 5.74) is 1.44. The highest BCUT2D eigenvalue weighted by atomic mass is 16.6. The van der Waals surface area contributed by atoms with Gasteiger partial charge in [-0.05, 0) is 69.7 Å². The third-order valence-electron chi connectivity index (χ3n) is 4.49. The Bertz CT molecular complexity index is 699. The van der Waals surface area contributed by atoms with Crippen molar-refractivity contribution in [1.82, 2.24) is 5.32 Å². The van der Waals surface area contributed by atoms with Crippen molar-refractivity contribution in [2.75, 3.05) is 14.2 Å². The van der Waals surface area contributed by atoms with Crippen LogP contribution in [-0.4, -0.2) is 32.0 Å². The van der Waals surface area contributed by atoms with Crippen molar-refractivity contribution >= 4 is 6.09 Å². The van der Waals surface area contributed by atoms with Crippen LogP contribution in [0.1, 0.15) is 81.9 Å². The van der Waals surface area contributed by atoms with Crippen molar-refractivity contribution < 1.29 is 23.1 Å². The van der Waals surface area contributed by atoms with Gasteiger partial charge in [0.1, 0.15) is 17.1 Å². The van der Waals surface area contributed by atoms with E-state index in [1.807, 2.05) is 39.8 Å². The number of hydrogen-bond acceptors (Lipinski definition) is 4. The molecule has 0 bridgehead atoms. The standard InChI is InChI=1S/C23H39NO4/c1-8-10-11-12-13-17-15-21(27-7)18(16-20(17)26-6)14-19(9-2)24-22(25)28-23(3,4)5/h15-16,19H,8-14H2,1-7H3,(H,24,25)/i1D3. The lowest BCUT2D eigenvalue weighted by molar-refractivity contribution is 0.0502. The topological polar surface area (TPSA) is 56.8 Å². The fourth-order valence-electron chi connectivity index (χ4n) is 3.03. The van der Waals surface area contributed by atoms with Gasteiger partial charge in [0.15, 0.2) is 0 Å². The number of amides is 1. The molecule has 1 unspecified atom stereocenters. The first-order chi connectivity index (χ1) is 14.4. The second kappa shape index (κ2) is 11.8. The molecule has 0 aliphatic carbocycles. The zero-order valence-corrected chi connectivity index (χ0v) is 18.3. The highest BCUT2D eigenvalue weighted by Gasteiger charge is 2.20. The molecule has 1 rings (SSSR count). The van der Waals surface area contributed by atoms with Crippen molar-refractivity contribution in [3.05, 3.63) is 23.3 Å². The van der Waals surface area contributed by atoms with Crippen LogP contribution in [0.25, 0.3) is 0 Å². The lowest BCUT2D eigenvalue weighted by Crippen LogP contribution is -2.40. The van der Waals surface area contributed by atoms with E-state index in [0.717, 1.165) is 48.3 Å². The van der Waals surface area contributed by atoms with Crippen LogP contribution >= 0.6 is 0 Å². The first kappa shape index (κ1) is 19.4. The Morgan fingerprint density at radius 2 is 1.75 bits per heavy atom. The third-order valence-corrected chi connectivity index (χ3v) is 4.49. The number of alkyl carbamates (subject to hydrolysis) is 1. The molecule has 0 saturated heterocycles. The molecule has 1 aromatic carbocycles. The minimum absolute atomic E-state index is 0.0980. The van der Waals surface area contributed by atoms with E-state index in [9.17, 15) is 4.79 Å². The third kappa shape index (κ3) is 8.41. The van der Waals surface area contributed by atoms with Gasteiger partial charge in [-0.3, -0.25) is 0 Å². The Morgan fingerprint density at radius 3 is 2.32 bits per heavy atom. The molecule has 0 saturated carbocycles. The normalized spacial score (nSPS) is 14.4. The molecule has 5 heteroatoms. The van der Waals surface area contributed by atoms with Crippen LogP contribution in [-0.2, 0) is 17.6 Å². The van der Waals surface area contributed by atoms with Crippen LogP contribution in [0, 0.1) is 0 Å². The van der Waals surface area contributed by atoms with E-state index in [2.05, 4.69) is 5.32 Å². The van der Waals surface area contributed by atoms with E-state index in [1.165, 1.54) is 0 Å². The van der Waals surface area contributed by atoms with Crippen LogP contribution in [0.4, 0.5) is 4.79 Å². The average molecular weight is 397 g/mol. The maximum absolute atomic E-state index is 12.2. The van der Waals surface area contributed by atoms with Crippen molar-refractivity contribution in [2.24, 2.45) is 0 Å². The van der Waals surface area contributed by atoms with Crippen molar-refractivity contribution in [3.8, 4) is 11.5 Å². The quantitative estimate of drug-likeness (QED) is 0.489. The molecular weight excluding hydrogens is 354 g/mol. The number of benzene rings is 1. The van der Waals surface area contributed by atoms with Crippen LogP contribution < -0.4 is 14.8 Å². The minimum Gasteiger partial charge on any atom is -0.496 e. The summed E-state index contributed by atoms with van der Waals surface area (Å²) in [6.07, 6.45) is 4.35. The van der Waals surface area contributed by atoms with E-state index in [1.54, 1.807) is 14.2 Å². The molecule has 1 N–H and O–H groups in total. The molecule has 0 aromatic heterocycles. The minimum atomic E-state index is -1.86. The second-order valence-corrected chi connectivity index (χ2v) is 7.99. The lowest BCUT2D eigenvalue weighted by atomic mass is 9.98. The number of hydrogen-bond donors (Lipinski definition) is 1. The van der Waals surface area contributed by atoms with Gasteiger partial charge in [-0.1, -0.05) is 33.0 Å². The summed E-state index contributed by atoms with van der Waals surface area (Å²) in [6, 6.07) is 3.85. The molecule has 0 aliphatic rings. The molecule has 28 heavy (non-hydrogen) atoms. The van der Waals surface area contributed by atoms with Gasteiger partial charge in [0.2, 0.25) is 0 Å². The Balaban J connectivity index is 2.83. The number of rotatable bonds is 11. The monoisotopic (exact) mass is 396 g/mol. The van der Waals surface area contributed by atoms with Gasteiger partial charge in [0.25, 0.3) is 0 Å². The summed E-state index contributed by atoms with van der Waals surface area (Å²) in [6.45, 7) is 5.67. The molecular formula is C23H39NO4. The summed E-state index contributed by atoms with van der Waals surface area (Å²) in [5.74, 6) is 1.53. The molecule has 0 fully saturated rings. The summed E-state index contributed by atoms with van der Waals surface area (Å²) in [4.78, 5) is 12.2. The summed E-state index contributed by atoms with van der Waals surface area (Å²) < 4.78 is 38.5. The Kier molecular flexibility index (Phi) is 8.20. The zero-order valence-electron chi connectivity index (χ0n) is 21.3. The number of carbonyl (C=O) groups excluding carboxylic acids is 1. The van der Waals surface area contributed by atoms with Crippen molar-refractivity contribution in [2.45, 2.75) is 91.1 Å². The smallest absolute Gasteiger partial charge is 0.407 e. The number of aryl methyl sites for hydroxylation is 1. The van der Waals surface area contributed by atoms with Gasteiger partial charge in [0.05, 0.1) is 14.2 Å². The van der Waals surface area contributed by atoms with Gasteiger partial charge in [-0.15, -0.1) is 0 Å². The molecule has 160 valence electrons. The molecule has 0 radical (unpaired) electrons. The first-order valence-electron chi connectivity index (χ1n) is 11.6. The fraction of sp³-hybridized carbons (Fsp3) is 0.696. The number of methoxy groups -OCH3 is 2. The fourth-order valence-corrected chi connectivity index (χ4v) is 3.03. The molecule has 0 heterocycles. The lowest BCUT2D eigenvalue weighted by Gasteiger charge is -2.24. The number of nitrogens with one attached hydrogen (secondary N) is 1. The zero-order chi connectivity index (χ0) is 23.7. The van der Waals surface area contributed by atoms with E-state index in [0.29, 0.717) is 12.8 Å². The van der Waals surface area contributed by atoms with Gasteiger partial charge < -0.3 is 19.5 Å². The van der Waals surface area contributed by atoms with E-state index < -0.39 is 18.5 Å². The predicted octanol–water partition coefficient (Wildman–Crippen LogP) is 5.67. The highest BCUT2D eigenvalue weighted by molar-refractivity contribution is 5.68. The van der Waals surface area contributed by atoms with Crippen LogP contribution in [0.2, 0.25) is 0 Å². The van der Waals surface area contributed by atoms with Crippen LogP contribution in [0.15, 0.2) is 12.1 Å². The summed E-state index contributed by atoms with van der Waals surface area (Å²) >= 11 is 0. The van der Waals surface area contributed by atoms with Gasteiger partial charge in [0, 0.05) is 10.2 Å². The largest absolute Gasteiger partial charge is 0.496 e. The molecule has 0 spiro atoms. The molecule has 5 nitrogen and oxygen atoms in total. The van der Waals surface area contributed by atoms with Crippen molar-refractivity contribution in [1.29, 1.82) is 0 Å². The summed E-state index contributed by atoms with van der Waals surface area (Å²) in [5, 5.41) is 2.93. The summed E-state index contributed by atoms with van der Waals surface area (Å²) in [7, 11) is 3.27. The Hall–Kier alpha value is -1.91. The van der Waals surface area contributed by atoms with Crippen LogP contribution in [0.5, 0.6) is 11.5 Å². The number of ether oxygens (including phenoxy) is 3. The maximum Gasteiger partial charge on any atom is 0.407 e. The van der Waals surface area contributed by atoms with E-state index in [4.69, 9.17) is 18.3 Å². The van der Waals surface area contributed by atoms with Crippen LogP contribution in [0.3, 0.4) is 0 Å². The molecule has 0 aliphatic heterocycles. The molecule has 1 amide bonds. The average Bonchev–Trinajstić information content (AvgIpc) is 2.65. The van der Waals surface area contributed by atoms with Crippen molar-refractivity contribution in [3.63, 3.8) is 0 Å². The van der Waals surface area contributed by atoms with Gasteiger partial charge >= 0.3 is 6.09 Å².